The molecule has 3 aromatic rings. The number of ether oxygens (including phenoxy) is 1. The molecule has 0 aliphatic carbocycles. The summed E-state index contributed by atoms with van der Waals surface area (Å²) in [6.45, 7) is 4.91. The number of halogens is 1. The first-order valence-electron chi connectivity index (χ1n) is 10.0. The zero-order chi connectivity index (χ0) is 22.0. The lowest BCUT2D eigenvalue weighted by atomic mass is 10.2. The molecule has 0 radical (unpaired) electrons. The van der Waals surface area contributed by atoms with E-state index in [2.05, 4.69) is 26.8 Å². The maximum Gasteiger partial charge on any atom is 0.249 e. The van der Waals surface area contributed by atoms with Crippen LogP contribution in [0, 0.1) is 31.0 Å². The molecule has 10 heteroatoms. The molecule has 0 unspecified atom stereocenters. The number of aromatic nitrogens is 5. The summed E-state index contributed by atoms with van der Waals surface area (Å²) < 4.78 is 20.8. The predicted octanol–water partition coefficient (Wildman–Crippen LogP) is 2.59. The van der Waals surface area contributed by atoms with Crippen LogP contribution in [0.3, 0.4) is 0 Å². The molecule has 2 aromatic heterocycles. The van der Waals surface area contributed by atoms with Gasteiger partial charge < -0.3 is 14.6 Å². The fourth-order valence-electron chi connectivity index (χ4n) is 3.68. The summed E-state index contributed by atoms with van der Waals surface area (Å²) in [6, 6.07) is 7.88. The van der Waals surface area contributed by atoms with Crippen LogP contribution in [0.2, 0.25) is 0 Å². The van der Waals surface area contributed by atoms with Crippen molar-refractivity contribution in [2.75, 3.05) is 11.9 Å². The highest BCUT2D eigenvalue weighted by Gasteiger charge is 2.24. The smallest absolute Gasteiger partial charge is 0.249 e. The number of tetrazole rings is 1. The number of hydrogen-bond donors (Lipinski definition) is 1. The first kappa shape index (κ1) is 20.7. The lowest BCUT2D eigenvalue weighted by molar-refractivity contribution is -0.117. The van der Waals surface area contributed by atoms with E-state index >= 15 is 0 Å². The number of anilines is 1. The third-order valence-corrected chi connectivity index (χ3v) is 5.45. The Morgan fingerprint density at radius 3 is 2.81 bits per heavy atom. The highest BCUT2D eigenvalue weighted by molar-refractivity contribution is 5.91. The summed E-state index contributed by atoms with van der Waals surface area (Å²) in [5.41, 5.74) is 2.77. The normalized spacial score (nSPS) is 15.7. The van der Waals surface area contributed by atoms with Crippen LogP contribution in [0.1, 0.15) is 29.7 Å². The Morgan fingerprint density at radius 1 is 1.35 bits per heavy atom. The molecule has 160 valence electrons. The minimum Gasteiger partial charge on any atom is -0.376 e. The Bertz CT molecular complexity index is 1140. The molecule has 31 heavy (non-hydrogen) atoms. The summed E-state index contributed by atoms with van der Waals surface area (Å²) in [7, 11) is 0. The van der Waals surface area contributed by atoms with Gasteiger partial charge in [0.1, 0.15) is 24.2 Å². The molecule has 1 saturated heterocycles. The summed E-state index contributed by atoms with van der Waals surface area (Å²) in [4.78, 5) is 13.9. The maximum atomic E-state index is 13.1. The van der Waals surface area contributed by atoms with E-state index in [4.69, 9.17) is 4.74 Å². The average Bonchev–Trinajstić information content (AvgIpc) is 3.47. The second-order valence-electron chi connectivity index (χ2n) is 7.49. The fourth-order valence-corrected chi connectivity index (χ4v) is 3.68. The van der Waals surface area contributed by atoms with Crippen LogP contribution >= 0.6 is 0 Å². The van der Waals surface area contributed by atoms with E-state index in [0.717, 1.165) is 35.5 Å². The van der Waals surface area contributed by atoms with Gasteiger partial charge in [0.15, 0.2) is 0 Å². The van der Waals surface area contributed by atoms with Crippen LogP contribution in [0.15, 0.2) is 24.3 Å². The quantitative estimate of drug-likeness (QED) is 0.652. The number of amides is 1. The highest BCUT2D eigenvalue weighted by atomic mass is 19.1. The molecule has 1 aromatic carbocycles. The van der Waals surface area contributed by atoms with Crippen molar-refractivity contribution in [3.05, 3.63) is 46.9 Å². The third-order valence-electron chi connectivity index (χ3n) is 5.45. The minimum absolute atomic E-state index is 0.0583. The van der Waals surface area contributed by atoms with Crippen LogP contribution in [0.4, 0.5) is 10.2 Å². The van der Waals surface area contributed by atoms with Gasteiger partial charge >= 0.3 is 0 Å². The maximum absolute atomic E-state index is 13.1. The van der Waals surface area contributed by atoms with Gasteiger partial charge in [-0.2, -0.15) is 10.1 Å². The summed E-state index contributed by atoms with van der Waals surface area (Å²) in [6.07, 6.45) is 2.01. The number of nitrogens with one attached hydrogen (secondary N) is 1. The number of nitrogens with zero attached hydrogens (tertiary/aromatic N) is 6. The second-order valence-corrected chi connectivity index (χ2v) is 7.49. The Balaban J connectivity index is 1.51. The van der Waals surface area contributed by atoms with Gasteiger partial charge in [-0.1, -0.05) is 0 Å². The minimum atomic E-state index is -0.384. The Labute approximate surface area is 178 Å². The van der Waals surface area contributed by atoms with Crippen molar-refractivity contribution < 1.29 is 13.9 Å². The van der Waals surface area contributed by atoms with Gasteiger partial charge in [0.25, 0.3) is 0 Å². The largest absolute Gasteiger partial charge is 0.376 e. The Kier molecular flexibility index (Phi) is 5.77. The van der Waals surface area contributed by atoms with Crippen molar-refractivity contribution in [1.29, 1.82) is 5.26 Å². The Hall–Kier alpha value is -3.58. The molecule has 0 saturated carbocycles. The van der Waals surface area contributed by atoms with Crippen molar-refractivity contribution in [3.63, 3.8) is 0 Å². The van der Waals surface area contributed by atoms with E-state index in [-0.39, 0.29) is 24.4 Å². The lowest BCUT2D eigenvalue weighted by Crippen LogP contribution is -2.24. The monoisotopic (exact) mass is 423 g/mol. The zero-order valence-electron chi connectivity index (χ0n) is 17.3. The van der Waals surface area contributed by atoms with Crippen LogP contribution in [-0.4, -0.2) is 43.4 Å². The molecule has 1 aliphatic rings. The van der Waals surface area contributed by atoms with E-state index in [1.54, 1.807) is 12.1 Å². The molecule has 0 bridgehead atoms. The zero-order valence-corrected chi connectivity index (χ0v) is 17.3. The van der Waals surface area contributed by atoms with E-state index in [0.29, 0.717) is 29.3 Å². The highest BCUT2D eigenvalue weighted by Crippen LogP contribution is 2.28. The molecule has 1 fully saturated rings. The van der Waals surface area contributed by atoms with E-state index in [1.165, 1.54) is 12.1 Å². The molecule has 3 heterocycles. The van der Waals surface area contributed by atoms with Gasteiger partial charge in [0.2, 0.25) is 11.7 Å². The number of benzene rings is 1. The topological polar surface area (TPSA) is 111 Å². The lowest BCUT2D eigenvalue weighted by Gasteiger charge is -2.16. The standard InChI is InChI=1S/C21H22FN7O2/c1-13-14(2)28(11-17-4-3-9-31-17)21(18(13)10-23)24-19(30)12-29-26-20(25-27-29)15-5-7-16(22)8-6-15/h5-8,17H,3-4,9,11-12H2,1-2H3,(H,24,30)/t17-/m1/s1. The molecular formula is C21H22FN7O2. The molecule has 4 rings (SSSR count). The second kappa shape index (κ2) is 8.65. The molecule has 0 spiro atoms. The molecule has 1 aliphatic heterocycles. The van der Waals surface area contributed by atoms with Crippen LogP contribution in [-0.2, 0) is 22.6 Å². The first-order valence-corrected chi connectivity index (χ1v) is 10.0. The van der Waals surface area contributed by atoms with E-state index in [9.17, 15) is 14.4 Å². The van der Waals surface area contributed by atoms with Crippen molar-refractivity contribution in [2.45, 2.75) is 45.9 Å². The molecular weight excluding hydrogens is 401 g/mol. The summed E-state index contributed by atoms with van der Waals surface area (Å²) >= 11 is 0. The van der Waals surface area contributed by atoms with Gasteiger partial charge in [-0.3, -0.25) is 4.79 Å². The van der Waals surface area contributed by atoms with Gasteiger partial charge in [0.05, 0.1) is 18.2 Å². The number of rotatable bonds is 6. The summed E-state index contributed by atoms with van der Waals surface area (Å²) in [5.74, 6) is 0.00175. The molecule has 1 amide bonds. The molecule has 1 atom stereocenters. The van der Waals surface area contributed by atoms with Gasteiger partial charge in [-0.25, -0.2) is 4.39 Å². The van der Waals surface area contributed by atoms with Gasteiger partial charge in [-0.05, 0) is 61.7 Å². The van der Waals surface area contributed by atoms with Crippen molar-refractivity contribution in [1.82, 2.24) is 24.8 Å². The molecule has 1 N–H and O–H groups in total. The fraction of sp³-hybridized carbons (Fsp3) is 0.381. The van der Waals surface area contributed by atoms with Crippen LogP contribution < -0.4 is 5.32 Å². The SMILES string of the molecule is Cc1c(C#N)c(NC(=O)Cn2nnc(-c3ccc(F)cc3)n2)n(C[C@H]2CCCO2)c1C. The third kappa shape index (κ3) is 4.32. The van der Waals surface area contributed by atoms with Gasteiger partial charge in [-0.15, -0.1) is 10.2 Å². The van der Waals surface area contributed by atoms with Crippen LogP contribution in [0.25, 0.3) is 11.4 Å². The average molecular weight is 423 g/mol. The van der Waals surface area contributed by atoms with E-state index in [1.807, 2.05) is 18.4 Å². The van der Waals surface area contributed by atoms with Crippen molar-refractivity contribution in [3.8, 4) is 17.5 Å². The molecule has 9 nitrogen and oxygen atoms in total. The predicted molar refractivity (Wildman–Crippen MR) is 109 cm³/mol. The number of hydrogen-bond acceptors (Lipinski definition) is 6. The first-order chi connectivity index (χ1) is 15.0. The summed E-state index contributed by atoms with van der Waals surface area (Å²) in [5, 5.41) is 24.5. The van der Waals surface area contributed by atoms with Crippen molar-refractivity contribution in [2.24, 2.45) is 0 Å². The van der Waals surface area contributed by atoms with Crippen molar-refractivity contribution >= 4 is 11.7 Å². The van der Waals surface area contributed by atoms with Crippen LogP contribution in [0.5, 0.6) is 0 Å². The van der Waals surface area contributed by atoms with Gasteiger partial charge in [0, 0.05) is 17.9 Å². The number of carbonyl (C=O) groups is 1. The van der Waals surface area contributed by atoms with E-state index < -0.39 is 0 Å². The number of carbonyl (C=O) groups excluding carboxylic acids is 1. The Morgan fingerprint density at radius 2 is 2.13 bits per heavy atom. The number of nitriles is 1.